The van der Waals surface area contributed by atoms with Crippen LogP contribution in [0.5, 0.6) is 23.0 Å². The summed E-state index contributed by atoms with van der Waals surface area (Å²) in [7, 11) is 0. The summed E-state index contributed by atoms with van der Waals surface area (Å²) < 4.78 is 12.5. The van der Waals surface area contributed by atoms with Gasteiger partial charge in [0.25, 0.3) is 0 Å². The fraction of sp³-hybridized carbons (Fsp3) is 0.333. The largest absolute Gasteiger partial charge is 0.508 e. The van der Waals surface area contributed by atoms with E-state index in [9.17, 15) is 10.2 Å². The number of allylic oxidation sites excluding steroid dienone is 1. The standard InChI is InChI=1S/C30H33NO4/c1-3-21-13-14-31(19-21)15-16-34-26-10-7-22(8-11-26)30-29(23-5-4-6-24(32)17-23)20(2)27-18-25(33)9-12-28(27)35-30/h4-12,17-18,21,30,32-33H,3,13-16,19H2,1-2H3/t21-,30?/m1/s1. The Labute approximate surface area is 207 Å². The zero-order valence-corrected chi connectivity index (χ0v) is 20.4. The quantitative estimate of drug-likeness (QED) is 0.425. The molecule has 182 valence electrons. The lowest BCUT2D eigenvalue weighted by molar-refractivity contribution is 0.232. The second kappa shape index (κ2) is 10.0. The number of hydrogen-bond acceptors (Lipinski definition) is 5. The summed E-state index contributed by atoms with van der Waals surface area (Å²) in [6.45, 7) is 8.29. The Bertz CT molecular complexity index is 1220. The van der Waals surface area contributed by atoms with E-state index in [2.05, 4.69) is 11.8 Å². The topological polar surface area (TPSA) is 62.2 Å². The molecule has 5 rings (SSSR count). The third kappa shape index (κ3) is 5.01. The Morgan fingerprint density at radius 1 is 1.00 bits per heavy atom. The zero-order valence-electron chi connectivity index (χ0n) is 20.4. The maximum atomic E-state index is 10.1. The minimum atomic E-state index is -0.349. The molecule has 0 saturated carbocycles. The number of nitrogens with zero attached hydrogens (tertiary/aromatic N) is 1. The summed E-state index contributed by atoms with van der Waals surface area (Å²) in [5.74, 6) is 2.80. The summed E-state index contributed by atoms with van der Waals surface area (Å²) >= 11 is 0. The summed E-state index contributed by atoms with van der Waals surface area (Å²) in [5.41, 5.74) is 4.71. The molecule has 0 bridgehead atoms. The van der Waals surface area contributed by atoms with E-state index in [-0.39, 0.29) is 17.6 Å². The smallest absolute Gasteiger partial charge is 0.150 e. The number of phenolic OH excluding ortho intramolecular Hbond substituents is 2. The Kier molecular flexibility index (Phi) is 6.69. The molecule has 5 heteroatoms. The van der Waals surface area contributed by atoms with E-state index >= 15 is 0 Å². The Hall–Kier alpha value is -3.44. The van der Waals surface area contributed by atoms with Crippen molar-refractivity contribution in [3.63, 3.8) is 0 Å². The zero-order chi connectivity index (χ0) is 24.4. The minimum absolute atomic E-state index is 0.195. The fourth-order valence-electron chi connectivity index (χ4n) is 5.20. The molecule has 0 aliphatic carbocycles. The molecular formula is C30H33NO4. The first-order chi connectivity index (χ1) is 17.0. The Morgan fingerprint density at radius 2 is 1.80 bits per heavy atom. The molecule has 3 aromatic rings. The molecule has 35 heavy (non-hydrogen) atoms. The summed E-state index contributed by atoms with van der Waals surface area (Å²) in [5, 5.41) is 20.2. The van der Waals surface area contributed by atoms with Crippen molar-refractivity contribution in [3.8, 4) is 23.0 Å². The first kappa shape index (κ1) is 23.3. The lowest BCUT2D eigenvalue weighted by atomic mass is 9.86. The average Bonchev–Trinajstić information content (AvgIpc) is 3.33. The van der Waals surface area contributed by atoms with Crippen LogP contribution in [-0.4, -0.2) is 41.4 Å². The van der Waals surface area contributed by atoms with E-state index in [0.717, 1.165) is 51.8 Å². The predicted molar refractivity (Wildman–Crippen MR) is 139 cm³/mol. The molecule has 3 aromatic carbocycles. The van der Waals surface area contributed by atoms with Gasteiger partial charge in [-0.25, -0.2) is 0 Å². The van der Waals surface area contributed by atoms with Crippen LogP contribution in [0.2, 0.25) is 0 Å². The van der Waals surface area contributed by atoms with Crippen LogP contribution >= 0.6 is 0 Å². The molecule has 1 fully saturated rings. The maximum Gasteiger partial charge on any atom is 0.150 e. The van der Waals surface area contributed by atoms with E-state index in [1.165, 1.54) is 25.9 Å². The number of fused-ring (bicyclic) bond motifs is 1. The highest BCUT2D eigenvalue weighted by molar-refractivity contribution is 5.95. The van der Waals surface area contributed by atoms with Crippen molar-refractivity contribution in [2.45, 2.75) is 32.8 Å². The lowest BCUT2D eigenvalue weighted by Crippen LogP contribution is -2.26. The van der Waals surface area contributed by atoms with Crippen molar-refractivity contribution >= 4 is 11.1 Å². The second-order valence-corrected chi connectivity index (χ2v) is 9.55. The van der Waals surface area contributed by atoms with Crippen LogP contribution in [-0.2, 0) is 0 Å². The first-order valence-corrected chi connectivity index (χ1v) is 12.5. The van der Waals surface area contributed by atoms with Gasteiger partial charge in [0.2, 0.25) is 0 Å². The highest BCUT2D eigenvalue weighted by atomic mass is 16.5. The summed E-state index contributed by atoms with van der Waals surface area (Å²) in [4.78, 5) is 2.49. The Morgan fingerprint density at radius 3 is 2.54 bits per heavy atom. The van der Waals surface area contributed by atoms with Crippen molar-refractivity contribution in [2.24, 2.45) is 5.92 Å². The minimum Gasteiger partial charge on any atom is -0.508 e. The Balaban J connectivity index is 1.37. The van der Waals surface area contributed by atoms with Crippen LogP contribution < -0.4 is 9.47 Å². The van der Waals surface area contributed by atoms with E-state index in [1.54, 1.807) is 30.3 Å². The van der Waals surface area contributed by atoms with E-state index < -0.39 is 0 Å². The normalized spacial score (nSPS) is 19.9. The monoisotopic (exact) mass is 471 g/mol. The highest BCUT2D eigenvalue weighted by Gasteiger charge is 2.29. The molecule has 2 aliphatic rings. The number of aromatic hydroxyl groups is 2. The molecule has 2 N–H and O–H groups in total. The number of phenols is 2. The molecule has 2 atom stereocenters. The van der Waals surface area contributed by atoms with Gasteiger partial charge in [0.05, 0.1) is 0 Å². The molecular weight excluding hydrogens is 438 g/mol. The highest BCUT2D eigenvalue weighted by Crippen LogP contribution is 2.47. The van der Waals surface area contributed by atoms with Crippen molar-refractivity contribution in [3.05, 3.63) is 83.4 Å². The van der Waals surface area contributed by atoms with Crippen molar-refractivity contribution in [2.75, 3.05) is 26.2 Å². The lowest BCUT2D eigenvalue weighted by Gasteiger charge is -2.31. The molecule has 1 unspecified atom stereocenters. The number of hydrogen-bond donors (Lipinski definition) is 2. The van der Waals surface area contributed by atoms with Crippen LogP contribution in [0.3, 0.4) is 0 Å². The van der Waals surface area contributed by atoms with Gasteiger partial charge in [0.1, 0.15) is 35.7 Å². The third-order valence-electron chi connectivity index (χ3n) is 7.24. The van der Waals surface area contributed by atoms with Gasteiger partial charge in [-0.2, -0.15) is 0 Å². The maximum absolute atomic E-state index is 10.1. The second-order valence-electron chi connectivity index (χ2n) is 9.55. The van der Waals surface area contributed by atoms with E-state index in [1.807, 2.05) is 43.3 Å². The predicted octanol–water partition coefficient (Wildman–Crippen LogP) is 6.27. The SMILES string of the molecule is CC[C@@H]1CCN(CCOc2ccc(C3Oc4ccc(O)cc4C(C)=C3c3cccc(O)c3)cc2)C1. The number of likely N-dealkylation sites (tertiary alicyclic amines) is 1. The molecule has 0 radical (unpaired) electrons. The van der Waals surface area contributed by atoms with Crippen LogP contribution in [0.25, 0.3) is 11.1 Å². The van der Waals surface area contributed by atoms with Crippen LogP contribution in [0.1, 0.15) is 49.5 Å². The average molecular weight is 472 g/mol. The molecule has 2 heterocycles. The van der Waals surface area contributed by atoms with Crippen molar-refractivity contribution < 1.29 is 19.7 Å². The van der Waals surface area contributed by atoms with Gasteiger partial charge in [0, 0.05) is 24.2 Å². The molecule has 2 aliphatic heterocycles. The van der Waals surface area contributed by atoms with E-state index in [0.29, 0.717) is 6.61 Å². The molecule has 0 aromatic heterocycles. The van der Waals surface area contributed by atoms with Gasteiger partial charge in [0.15, 0.2) is 0 Å². The van der Waals surface area contributed by atoms with Gasteiger partial charge in [-0.15, -0.1) is 0 Å². The molecule has 5 nitrogen and oxygen atoms in total. The molecule has 1 saturated heterocycles. The number of rotatable bonds is 7. The molecule has 0 spiro atoms. The molecule has 0 amide bonds. The first-order valence-electron chi connectivity index (χ1n) is 12.5. The van der Waals surface area contributed by atoms with Crippen molar-refractivity contribution in [1.82, 2.24) is 4.90 Å². The van der Waals surface area contributed by atoms with Gasteiger partial charge in [-0.3, -0.25) is 4.90 Å². The summed E-state index contributed by atoms with van der Waals surface area (Å²) in [6, 6.07) is 20.5. The third-order valence-corrected chi connectivity index (χ3v) is 7.24. The number of benzene rings is 3. The van der Waals surface area contributed by atoms with Crippen LogP contribution in [0.4, 0.5) is 0 Å². The van der Waals surface area contributed by atoms with E-state index in [4.69, 9.17) is 9.47 Å². The van der Waals surface area contributed by atoms with Crippen molar-refractivity contribution in [1.29, 1.82) is 0 Å². The number of ether oxygens (including phenoxy) is 2. The van der Waals surface area contributed by atoms with Gasteiger partial charge in [-0.05, 0) is 85.0 Å². The fourth-order valence-corrected chi connectivity index (χ4v) is 5.20. The van der Waals surface area contributed by atoms with Crippen LogP contribution in [0.15, 0.2) is 66.7 Å². The summed E-state index contributed by atoms with van der Waals surface area (Å²) in [6.07, 6.45) is 2.20. The van der Waals surface area contributed by atoms with Crippen LogP contribution in [0, 0.1) is 5.92 Å². The van der Waals surface area contributed by atoms with Gasteiger partial charge in [-0.1, -0.05) is 37.6 Å². The van der Waals surface area contributed by atoms with Gasteiger partial charge < -0.3 is 19.7 Å². The van der Waals surface area contributed by atoms with Gasteiger partial charge >= 0.3 is 0 Å².